The largest absolute Gasteiger partial charge is 0.461 e. The van der Waals surface area contributed by atoms with E-state index in [4.69, 9.17) is 4.42 Å². The van der Waals surface area contributed by atoms with Gasteiger partial charge in [0.1, 0.15) is 0 Å². The molecule has 0 saturated heterocycles. The summed E-state index contributed by atoms with van der Waals surface area (Å²) in [5, 5.41) is 0. The van der Waals surface area contributed by atoms with Gasteiger partial charge >= 0.3 is 0 Å². The maximum absolute atomic E-state index is 13.7. The van der Waals surface area contributed by atoms with Crippen LogP contribution in [0.2, 0.25) is 0 Å². The van der Waals surface area contributed by atoms with Crippen molar-refractivity contribution in [2.24, 2.45) is 0 Å². The predicted octanol–water partition coefficient (Wildman–Crippen LogP) is 4.80. The predicted molar refractivity (Wildman–Crippen MR) is 83.0 cm³/mol. The molecule has 2 nitrogen and oxygen atoms in total. The van der Waals surface area contributed by atoms with E-state index >= 15 is 0 Å². The van der Waals surface area contributed by atoms with Gasteiger partial charge in [0.15, 0.2) is 12.6 Å². The Bertz CT molecular complexity index is 568. The highest BCUT2D eigenvalue weighted by Crippen LogP contribution is 2.57. The molecule has 0 spiro atoms. The maximum Gasteiger partial charge on any atom is 0.163 e. The van der Waals surface area contributed by atoms with Crippen LogP contribution in [-0.4, -0.2) is 5.66 Å². The van der Waals surface area contributed by atoms with Crippen molar-refractivity contribution in [3.8, 4) is 0 Å². The highest BCUT2D eigenvalue weighted by molar-refractivity contribution is 7.71. The molecule has 1 atom stereocenters. The Morgan fingerprint density at radius 1 is 1.00 bits per heavy atom. The molecule has 20 heavy (non-hydrogen) atoms. The second kappa shape index (κ2) is 6.01. The summed E-state index contributed by atoms with van der Waals surface area (Å²) in [5.74, 6) is 0. The van der Waals surface area contributed by atoms with E-state index in [-0.39, 0.29) is 0 Å². The van der Waals surface area contributed by atoms with Crippen LogP contribution in [-0.2, 0) is 10.7 Å². The molecule has 1 saturated carbocycles. The van der Waals surface area contributed by atoms with Crippen LogP contribution >= 0.6 is 7.14 Å². The van der Waals surface area contributed by atoms with E-state index in [9.17, 15) is 4.57 Å². The lowest BCUT2D eigenvalue weighted by Gasteiger charge is -2.29. The fourth-order valence-corrected chi connectivity index (χ4v) is 6.53. The number of furan rings is 1. The first-order chi connectivity index (χ1) is 9.79. The Morgan fingerprint density at radius 2 is 1.75 bits per heavy atom. The van der Waals surface area contributed by atoms with Gasteiger partial charge in [-0.1, -0.05) is 49.6 Å². The van der Waals surface area contributed by atoms with E-state index < -0.39 is 7.14 Å². The molecule has 0 radical (unpaired) electrons. The summed E-state index contributed by atoms with van der Waals surface area (Å²) in [4.78, 5) is 0. The molecular formula is C17H21O2P. The third-order valence-electron chi connectivity index (χ3n) is 4.30. The summed E-state index contributed by atoms with van der Waals surface area (Å²) in [7, 11) is -2.49. The average molecular weight is 288 g/mol. The summed E-state index contributed by atoms with van der Waals surface area (Å²) in [6.07, 6.45) is 8.10. The van der Waals surface area contributed by atoms with Gasteiger partial charge in [-0.25, -0.2) is 0 Å². The molecule has 1 aliphatic rings. The molecule has 1 fully saturated rings. The monoisotopic (exact) mass is 288 g/mol. The molecule has 106 valence electrons. The Balaban J connectivity index is 1.93. The first-order valence-electron chi connectivity index (χ1n) is 7.46. The van der Waals surface area contributed by atoms with E-state index in [0.717, 1.165) is 18.4 Å². The topological polar surface area (TPSA) is 30.2 Å². The number of hydrogen-bond donors (Lipinski definition) is 0. The summed E-state index contributed by atoms with van der Waals surface area (Å²) in [6, 6.07) is 13.9. The Morgan fingerprint density at radius 3 is 2.40 bits per heavy atom. The molecular weight excluding hydrogens is 267 g/mol. The molecule has 2 aromatic rings. The van der Waals surface area contributed by atoms with Crippen molar-refractivity contribution in [3.05, 3.63) is 54.3 Å². The SMILES string of the molecule is O=P(Cc1ccccc1)(c1ccco1)C1CCCCC1. The molecule has 1 aromatic carbocycles. The van der Waals surface area contributed by atoms with Crippen molar-refractivity contribution < 1.29 is 8.98 Å². The Kier molecular flexibility index (Phi) is 4.12. The van der Waals surface area contributed by atoms with E-state index in [1.54, 1.807) is 6.26 Å². The minimum atomic E-state index is -2.49. The van der Waals surface area contributed by atoms with E-state index in [0.29, 0.717) is 17.3 Å². The van der Waals surface area contributed by atoms with Crippen LogP contribution in [0, 0.1) is 0 Å². The summed E-state index contributed by atoms with van der Waals surface area (Å²) >= 11 is 0. The van der Waals surface area contributed by atoms with Gasteiger partial charge in [-0.3, -0.25) is 0 Å². The van der Waals surface area contributed by atoms with Crippen molar-refractivity contribution in [2.75, 3.05) is 0 Å². The molecule has 1 unspecified atom stereocenters. The minimum absolute atomic E-state index is 0.294. The van der Waals surface area contributed by atoms with E-state index in [1.807, 2.05) is 30.3 Å². The van der Waals surface area contributed by atoms with Crippen molar-refractivity contribution in [3.63, 3.8) is 0 Å². The Hall–Kier alpha value is -1.27. The summed E-state index contributed by atoms with van der Waals surface area (Å²) in [5.41, 5.74) is 2.16. The van der Waals surface area contributed by atoms with Crippen LogP contribution < -0.4 is 5.50 Å². The lowest BCUT2D eigenvalue weighted by molar-refractivity contribution is 0.480. The van der Waals surface area contributed by atoms with Gasteiger partial charge in [-0.05, 0) is 30.5 Å². The lowest BCUT2D eigenvalue weighted by Crippen LogP contribution is -2.21. The van der Waals surface area contributed by atoms with Crippen LogP contribution in [0.25, 0.3) is 0 Å². The third-order valence-corrected chi connectivity index (χ3v) is 7.84. The summed E-state index contributed by atoms with van der Waals surface area (Å²) in [6.45, 7) is 0. The van der Waals surface area contributed by atoms with Gasteiger partial charge in [-0.2, -0.15) is 0 Å². The van der Waals surface area contributed by atoms with Gasteiger partial charge < -0.3 is 8.98 Å². The van der Waals surface area contributed by atoms with Crippen LogP contribution in [0.1, 0.15) is 37.7 Å². The molecule has 0 bridgehead atoms. The highest BCUT2D eigenvalue weighted by Gasteiger charge is 2.37. The van der Waals surface area contributed by atoms with Crippen LogP contribution in [0.5, 0.6) is 0 Å². The fraction of sp³-hybridized carbons (Fsp3) is 0.412. The molecule has 3 heteroatoms. The maximum atomic E-state index is 13.7. The second-order valence-corrected chi connectivity index (χ2v) is 8.76. The van der Waals surface area contributed by atoms with Crippen LogP contribution in [0.15, 0.2) is 53.1 Å². The van der Waals surface area contributed by atoms with Crippen LogP contribution in [0.3, 0.4) is 0 Å². The first kappa shape index (κ1) is 13.7. The average Bonchev–Trinajstić information content (AvgIpc) is 3.04. The van der Waals surface area contributed by atoms with Crippen molar-refractivity contribution in [2.45, 2.75) is 43.9 Å². The highest BCUT2D eigenvalue weighted by atomic mass is 31.2. The standard InChI is InChI=1S/C17H21O2P/c18-20(17-12-7-13-19-17,16-10-5-2-6-11-16)14-15-8-3-1-4-9-15/h1,3-4,7-9,12-13,16H,2,5-6,10-11,14H2. The molecule has 3 rings (SSSR count). The molecule has 1 heterocycles. The third kappa shape index (κ3) is 2.76. The zero-order valence-electron chi connectivity index (χ0n) is 11.7. The summed E-state index contributed by atoms with van der Waals surface area (Å²) < 4.78 is 19.3. The van der Waals surface area contributed by atoms with E-state index in [2.05, 4.69) is 12.1 Å². The molecule has 1 aromatic heterocycles. The number of hydrogen-bond acceptors (Lipinski definition) is 2. The van der Waals surface area contributed by atoms with Gasteiger partial charge in [-0.15, -0.1) is 0 Å². The van der Waals surface area contributed by atoms with Crippen LogP contribution in [0.4, 0.5) is 0 Å². The van der Waals surface area contributed by atoms with Gasteiger partial charge in [0.25, 0.3) is 0 Å². The number of benzene rings is 1. The molecule has 0 N–H and O–H groups in total. The van der Waals surface area contributed by atoms with Crippen molar-refractivity contribution >= 4 is 12.6 Å². The smallest absolute Gasteiger partial charge is 0.163 e. The fourth-order valence-electron chi connectivity index (χ4n) is 3.22. The normalized spacial score (nSPS) is 19.6. The van der Waals surface area contributed by atoms with Crippen molar-refractivity contribution in [1.29, 1.82) is 0 Å². The van der Waals surface area contributed by atoms with Gasteiger partial charge in [0.05, 0.1) is 6.26 Å². The molecule has 0 aliphatic heterocycles. The second-order valence-electron chi connectivity index (χ2n) is 5.68. The first-order valence-corrected chi connectivity index (χ1v) is 9.42. The van der Waals surface area contributed by atoms with E-state index in [1.165, 1.54) is 19.3 Å². The molecule has 1 aliphatic carbocycles. The zero-order valence-corrected chi connectivity index (χ0v) is 12.6. The number of rotatable bonds is 4. The van der Waals surface area contributed by atoms with Crippen molar-refractivity contribution in [1.82, 2.24) is 0 Å². The zero-order chi connectivity index (χ0) is 13.8. The lowest BCUT2D eigenvalue weighted by atomic mass is 10.0. The quantitative estimate of drug-likeness (QED) is 0.756. The molecule has 0 amide bonds. The van der Waals surface area contributed by atoms with Gasteiger partial charge in [0.2, 0.25) is 0 Å². The Labute approximate surface area is 120 Å². The van der Waals surface area contributed by atoms with Gasteiger partial charge in [0, 0.05) is 11.8 Å². The minimum Gasteiger partial charge on any atom is -0.461 e.